The van der Waals surface area contributed by atoms with Crippen molar-refractivity contribution < 1.29 is 29.0 Å². The van der Waals surface area contributed by atoms with Crippen LogP contribution in [-0.4, -0.2) is 41.9 Å². The average Bonchev–Trinajstić information content (AvgIpc) is 2.57. The van der Waals surface area contributed by atoms with Gasteiger partial charge in [0.2, 0.25) is 0 Å². The molecule has 0 aromatic heterocycles. The maximum atomic E-state index is 12.5. The fourth-order valence-electron chi connectivity index (χ4n) is 2.64. The van der Waals surface area contributed by atoms with Gasteiger partial charge < -0.3 is 19.9 Å². The number of carbonyl (C=O) groups excluding carboxylic acids is 2. The Morgan fingerprint density at radius 1 is 1.11 bits per heavy atom. The molecule has 2 N–H and O–H groups in total. The smallest absolute Gasteiger partial charge is 0.407 e. The highest BCUT2D eigenvalue weighted by atomic mass is 16.6. The van der Waals surface area contributed by atoms with Gasteiger partial charge in [0, 0.05) is 6.54 Å². The van der Waals surface area contributed by atoms with E-state index in [1.54, 1.807) is 52.0 Å². The number of alkyl carbamates (subject to hydrolysis) is 1. The lowest BCUT2D eigenvalue weighted by Gasteiger charge is -2.27. The van der Waals surface area contributed by atoms with Crippen molar-refractivity contribution in [1.82, 2.24) is 5.32 Å². The van der Waals surface area contributed by atoms with E-state index in [0.29, 0.717) is 0 Å². The molecule has 1 amide bonds. The third kappa shape index (κ3) is 7.29. The van der Waals surface area contributed by atoms with Crippen molar-refractivity contribution >= 4 is 18.0 Å². The number of esters is 1. The molecule has 0 saturated heterocycles. The molecule has 1 rings (SSSR count). The van der Waals surface area contributed by atoms with Crippen molar-refractivity contribution in [2.45, 2.75) is 52.6 Å². The number of benzene rings is 1. The Morgan fingerprint density at radius 3 is 2.26 bits per heavy atom. The van der Waals surface area contributed by atoms with Gasteiger partial charge in [0.15, 0.2) is 5.41 Å². The van der Waals surface area contributed by atoms with Crippen LogP contribution in [-0.2, 0) is 25.5 Å². The highest BCUT2D eigenvalue weighted by molar-refractivity contribution is 5.99. The molecule has 27 heavy (non-hydrogen) atoms. The molecule has 1 aromatic rings. The Kier molecular flexibility index (Phi) is 8.28. The van der Waals surface area contributed by atoms with E-state index in [0.717, 1.165) is 5.56 Å². The number of rotatable bonds is 9. The molecule has 7 heteroatoms. The zero-order chi connectivity index (χ0) is 20.5. The molecule has 0 aliphatic heterocycles. The minimum Gasteiger partial charge on any atom is -0.480 e. The average molecular weight is 379 g/mol. The van der Waals surface area contributed by atoms with Gasteiger partial charge in [0.05, 0.1) is 6.61 Å². The van der Waals surface area contributed by atoms with Crippen LogP contribution in [0.25, 0.3) is 0 Å². The van der Waals surface area contributed by atoms with E-state index in [2.05, 4.69) is 5.32 Å². The molecule has 7 nitrogen and oxygen atoms in total. The molecule has 0 spiro atoms. The predicted octanol–water partition coefficient (Wildman–Crippen LogP) is 3.17. The number of nitrogens with one attached hydrogen (secondary N) is 1. The molecule has 0 bridgehead atoms. The summed E-state index contributed by atoms with van der Waals surface area (Å²) in [5.41, 5.74) is -1.59. The van der Waals surface area contributed by atoms with Crippen LogP contribution in [0.15, 0.2) is 30.3 Å². The molecule has 0 unspecified atom stereocenters. The molecule has 0 fully saturated rings. The Labute approximate surface area is 160 Å². The second-order valence-electron chi connectivity index (χ2n) is 7.30. The normalized spacial score (nSPS) is 13.3. The minimum atomic E-state index is -1.70. The van der Waals surface area contributed by atoms with Gasteiger partial charge in [-0.05, 0) is 52.5 Å². The SMILES string of the molecule is CCOC(=O)[C@@](CCCNC(=O)OC(C)(C)C)(Cc1ccccc1)C(=O)O. The third-order valence-corrected chi connectivity index (χ3v) is 3.87. The number of carbonyl (C=O) groups is 3. The summed E-state index contributed by atoms with van der Waals surface area (Å²) in [6, 6.07) is 8.95. The van der Waals surface area contributed by atoms with Crippen molar-refractivity contribution in [2.75, 3.05) is 13.2 Å². The monoisotopic (exact) mass is 379 g/mol. The first-order valence-corrected chi connectivity index (χ1v) is 9.02. The fourth-order valence-corrected chi connectivity index (χ4v) is 2.64. The van der Waals surface area contributed by atoms with Crippen molar-refractivity contribution in [3.63, 3.8) is 0 Å². The molecule has 0 aliphatic rings. The maximum Gasteiger partial charge on any atom is 0.407 e. The molecule has 0 saturated carbocycles. The number of ether oxygens (including phenoxy) is 2. The molecule has 0 aliphatic carbocycles. The lowest BCUT2D eigenvalue weighted by atomic mass is 9.77. The minimum absolute atomic E-state index is 0.0223. The third-order valence-electron chi connectivity index (χ3n) is 3.87. The van der Waals surface area contributed by atoms with E-state index < -0.39 is 29.0 Å². The summed E-state index contributed by atoms with van der Waals surface area (Å²) in [4.78, 5) is 36.3. The Morgan fingerprint density at radius 2 is 1.74 bits per heavy atom. The summed E-state index contributed by atoms with van der Waals surface area (Å²) < 4.78 is 10.2. The predicted molar refractivity (Wildman–Crippen MR) is 100 cm³/mol. The Balaban J connectivity index is 2.83. The van der Waals surface area contributed by atoms with E-state index in [4.69, 9.17) is 9.47 Å². The summed E-state index contributed by atoms with van der Waals surface area (Å²) in [7, 11) is 0. The van der Waals surface area contributed by atoms with Crippen molar-refractivity contribution in [3.05, 3.63) is 35.9 Å². The highest BCUT2D eigenvalue weighted by Crippen LogP contribution is 2.31. The highest BCUT2D eigenvalue weighted by Gasteiger charge is 2.47. The number of amides is 1. The zero-order valence-electron chi connectivity index (χ0n) is 16.4. The van der Waals surface area contributed by atoms with E-state index in [9.17, 15) is 19.5 Å². The van der Waals surface area contributed by atoms with E-state index in [1.165, 1.54) is 0 Å². The van der Waals surface area contributed by atoms with Gasteiger partial charge in [-0.3, -0.25) is 9.59 Å². The fraction of sp³-hybridized carbons (Fsp3) is 0.550. The van der Waals surface area contributed by atoms with Crippen molar-refractivity contribution in [2.24, 2.45) is 5.41 Å². The van der Waals surface area contributed by atoms with Gasteiger partial charge in [-0.25, -0.2) is 4.79 Å². The van der Waals surface area contributed by atoms with Gasteiger partial charge in [0.1, 0.15) is 5.60 Å². The standard InChI is InChI=1S/C20H29NO6/c1-5-26-17(24)20(16(22)23,14-15-10-7-6-8-11-15)12-9-13-21-18(25)27-19(2,3)4/h6-8,10-11H,5,9,12-14H2,1-4H3,(H,21,25)(H,22,23)/t20-/m0/s1. The summed E-state index contributed by atoms with van der Waals surface area (Å²) in [6.07, 6.45) is -0.236. The Hall–Kier alpha value is -2.57. The first-order valence-electron chi connectivity index (χ1n) is 9.02. The first kappa shape index (κ1) is 22.5. The molecule has 150 valence electrons. The topological polar surface area (TPSA) is 102 Å². The van der Waals surface area contributed by atoms with Crippen LogP contribution in [0.3, 0.4) is 0 Å². The van der Waals surface area contributed by atoms with Crippen molar-refractivity contribution in [3.8, 4) is 0 Å². The van der Waals surface area contributed by atoms with Crippen molar-refractivity contribution in [1.29, 1.82) is 0 Å². The van der Waals surface area contributed by atoms with Crippen LogP contribution in [0, 0.1) is 5.41 Å². The second-order valence-corrected chi connectivity index (χ2v) is 7.30. The summed E-state index contributed by atoms with van der Waals surface area (Å²) in [5, 5.41) is 12.4. The van der Waals surface area contributed by atoms with Gasteiger partial charge in [-0.1, -0.05) is 30.3 Å². The van der Waals surface area contributed by atoms with Gasteiger partial charge in [-0.2, -0.15) is 0 Å². The van der Waals surface area contributed by atoms with Gasteiger partial charge in [0.25, 0.3) is 0 Å². The summed E-state index contributed by atoms with van der Waals surface area (Å²) in [6.45, 7) is 7.18. The van der Waals surface area contributed by atoms with Crippen LogP contribution in [0.5, 0.6) is 0 Å². The number of carboxylic acid groups (broad SMARTS) is 1. The molecular weight excluding hydrogens is 350 g/mol. The molecule has 0 radical (unpaired) electrons. The quantitative estimate of drug-likeness (QED) is 0.388. The van der Waals surface area contributed by atoms with Crippen LogP contribution in [0.1, 0.15) is 46.1 Å². The molecule has 0 heterocycles. The van der Waals surface area contributed by atoms with E-state index in [1.807, 2.05) is 6.07 Å². The summed E-state index contributed by atoms with van der Waals surface area (Å²) in [5.74, 6) is -2.00. The first-order chi connectivity index (χ1) is 12.6. The Bertz CT molecular complexity index is 638. The second kappa shape index (κ2) is 9.94. The van der Waals surface area contributed by atoms with Crippen LogP contribution < -0.4 is 5.32 Å². The zero-order valence-corrected chi connectivity index (χ0v) is 16.4. The lowest BCUT2D eigenvalue weighted by Crippen LogP contribution is -2.43. The van der Waals surface area contributed by atoms with Crippen LogP contribution in [0.4, 0.5) is 4.79 Å². The van der Waals surface area contributed by atoms with Crippen LogP contribution >= 0.6 is 0 Å². The van der Waals surface area contributed by atoms with E-state index >= 15 is 0 Å². The number of carboxylic acids is 1. The van der Waals surface area contributed by atoms with Gasteiger partial charge in [-0.15, -0.1) is 0 Å². The maximum absolute atomic E-state index is 12.5. The van der Waals surface area contributed by atoms with Crippen LogP contribution in [0.2, 0.25) is 0 Å². The molecular formula is C20H29NO6. The number of aliphatic carboxylic acids is 1. The van der Waals surface area contributed by atoms with Gasteiger partial charge >= 0.3 is 18.0 Å². The number of hydrogen-bond acceptors (Lipinski definition) is 5. The number of hydrogen-bond donors (Lipinski definition) is 2. The summed E-state index contributed by atoms with van der Waals surface area (Å²) >= 11 is 0. The molecule has 1 atom stereocenters. The van der Waals surface area contributed by atoms with E-state index in [-0.39, 0.29) is 32.4 Å². The molecule has 1 aromatic carbocycles. The lowest BCUT2D eigenvalue weighted by molar-refractivity contribution is -0.169. The largest absolute Gasteiger partial charge is 0.480 e.